The molecule has 0 bridgehead atoms. The van der Waals surface area contributed by atoms with Gasteiger partial charge >= 0.3 is 0 Å². The summed E-state index contributed by atoms with van der Waals surface area (Å²) in [4.78, 5) is 0. The molecule has 0 heterocycles. The Kier molecular flexibility index (Phi) is 3.04. The highest BCUT2D eigenvalue weighted by molar-refractivity contribution is 5.33. The minimum absolute atomic E-state index is 0.710. The molecular weight excluding hydrogens is 200 g/mol. The molecule has 2 rings (SSSR count). The van der Waals surface area contributed by atoms with E-state index in [2.05, 4.69) is 6.07 Å². The van der Waals surface area contributed by atoms with Crippen molar-refractivity contribution in [3.8, 4) is 0 Å². The fraction of sp³-hybridized carbons (Fsp3) is 0.571. The third-order valence-electron chi connectivity index (χ3n) is 3.70. The summed E-state index contributed by atoms with van der Waals surface area (Å²) in [6.07, 6.45) is 2.70. The van der Waals surface area contributed by atoms with Crippen LogP contribution >= 0.6 is 0 Å². The van der Waals surface area contributed by atoms with Crippen molar-refractivity contribution >= 4 is 0 Å². The van der Waals surface area contributed by atoms with Gasteiger partial charge in [0, 0.05) is 0 Å². The van der Waals surface area contributed by atoms with Crippen LogP contribution in [-0.2, 0) is 0 Å². The number of aryl methyl sites for hydroxylation is 2. The molecule has 0 saturated heterocycles. The topological polar surface area (TPSA) is 40.5 Å². The lowest BCUT2D eigenvalue weighted by Gasteiger charge is -2.29. The van der Waals surface area contributed by atoms with Gasteiger partial charge < -0.3 is 10.2 Å². The number of aliphatic hydroxyl groups excluding tert-OH is 1. The highest BCUT2D eigenvalue weighted by Crippen LogP contribution is 2.40. The smallest absolute Gasteiger partial charge is 0.108 e. The summed E-state index contributed by atoms with van der Waals surface area (Å²) in [5, 5.41) is 20.7. The van der Waals surface area contributed by atoms with E-state index in [-0.39, 0.29) is 0 Å². The summed E-state index contributed by atoms with van der Waals surface area (Å²) in [6.45, 7) is 4.03. The van der Waals surface area contributed by atoms with Crippen LogP contribution in [0.5, 0.6) is 0 Å². The van der Waals surface area contributed by atoms with E-state index in [9.17, 15) is 10.2 Å². The van der Waals surface area contributed by atoms with Gasteiger partial charge in [0.05, 0.1) is 5.60 Å². The number of hydrogen-bond acceptors (Lipinski definition) is 2. The average molecular weight is 220 g/mol. The molecule has 1 fully saturated rings. The first-order valence-corrected chi connectivity index (χ1v) is 6.00. The molecule has 0 aliphatic heterocycles. The minimum Gasteiger partial charge on any atom is -0.387 e. The monoisotopic (exact) mass is 220 g/mol. The first-order chi connectivity index (χ1) is 7.53. The number of rotatable bonds is 2. The predicted octanol–water partition coefficient (Wildman–Crippen LogP) is 2.64. The Morgan fingerprint density at radius 1 is 1.19 bits per heavy atom. The van der Waals surface area contributed by atoms with E-state index in [1.807, 2.05) is 26.0 Å². The van der Waals surface area contributed by atoms with Crippen LogP contribution in [0.3, 0.4) is 0 Å². The Balaban J connectivity index is 2.29. The van der Waals surface area contributed by atoms with Crippen molar-refractivity contribution in [2.24, 2.45) is 0 Å². The van der Waals surface area contributed by atoms with Gasteiger partial charge in [-0.1, -0.05) is 36.6 Å². The van der Waals surface area contributed by atoms with Gasteiger partial charge in [0.15, 0.2) is 0 Å². The van der Waals surface area contributed by atoms with Crippen molar-refractivity contribution in [2.75, 3.05) is 0 Å². The zero-order valence-electron chi connectivity index (χ0n) is 10.0. The molecule has 1 atom stereocenters. The van der Waals surface area contributed by atoms with Crippen molar-refractivity contribution in [3.05, 3.63) is 34.9 Å². The van der Waals surface area contributed by atoms with Crippen molar-refractivity contribution in [1.82, 2.24) is 0 Å². The summed E-state index contributed by atoms with van der Waals surface area (Å²) in [5.41, 5.74) is 2.22. The third kappa shape index (κ3) is 2.00. The molecule has 0 amide bonds. The van der Waals surface area contributed by atoms with Crippen LogP contribution in [0.15, 0.2) is 18.2 Å². The Hall–Kier alpha value is -0.860. The fourth-order valence-electron chi connectivity index (χ4n) is 2.68. The fourth-order valence-corrected chi connectivity index (χ4v) is 2.68. The number of aliphatic hydroxyl groups is 2. The van der Waals surface area contributed by atoms with Gasteiger partial charge in [0.2, 0.25) is 0 Å². The molecule has 2 nitrogen and oxygen atoms in total. The lowest BCUT2D eigenvalue weighted by molar-refractivity contribution is -0.0721. The largest absolute Gasteiger partial charge is 0.387 e. The van der Waals surface area contributed by atoms with E-state index in [0.717, 1.165) is 24.0 Å². The first-order valence-electron chi connectivity index (χ1n) is 6.00. The Morgan fingerprint density at radius 2 is 1.81 bits per heavy atom. The van der Waals surface area contributed by atoms with Crippen LogP contribution in [0.4, 0.5) is 0 Å². The molecule has 1 aromatic carbocycles. The Labute approximate surface area is 96.9 Å². The second-order valence-corrected chi connectivity index (χ2v) is 5.07. The number of benzene rings is 1. The molecule has 0 aromatic heterocycles. The molecule has 2 heteroatoms. The lowest BCUT2D eigenvalue weighted by atomic mass is 9.87. The molecule has 16 heavy (non-hydrogen) atoms. The van der Waals surface area contributed by atoms with Gasteiger partial charge in [-0.3, -0.25) is 0 Å². The van der Waals surface area contributed by atoms with E-state index < -0.39 is 11.7 Å². The molecule has 1 aromatic rings. The minimum atomic E-state index is -0.903. The molecule has 88 valence electrons. The van der Waals surface area contributed by atoms with Crippen molar-refractivity contribution in [3.63, 3.8) is 0 Å². The summed E-state index contributed by atoms with van der Waals surface area (Å²) >= 11 is 0. The van der Waals surface area contributed by atoms with Crippen molar-refractivity contribution in [2.45, 2.75) is 51.2 Å². The molecule has 2 N–H and O–H groups in total. The molecule has 1 aliphatic rings. The highest BCUT2D eigenvalue weighted by atomic mass is 16.3. The molecule has 1 aliphatic carbocycles. The van der Waals surface area contributed by atoms with Gasteiger partial charge in [0.25, 0.3) is 0 Å². The van der Waals surface area contributed by atoms with Gasteiger partial charge in [-0.15, -0.1) is 0 Å². The van der Waals surface area contributed by atoms with Crippen LogP contribution in [0.2, 0.25) is 0 Å². The maximum atomic E-state index is 10.4. The summed E-state index contributed by atoms with van der Waals surface area (Å²) in [7, 11) is 0. The second kappa shape index (κ2) is 4.19. The molecule has 0 spiro atoms. The second-order valence-electron chi connectivity index (χ2n) is 5.07. The normalized spacial score (nSPS) is 21.0. The van der Waals surface area contributed by atoms with E-state index in [0.29, 0.717) is 12.8 Å². The van der Waals surface area contributed by atoms with Crippen LogP contribution in [0.25, 0.3) is 0 Å². The zero-order valence-corrected chi connectivity index (χ0v) is 10.0. The van der Waals surface area contributed by atoms with Gasteiger partial charge in [0.1, 0.15) is 6.10 Å². The Bertz CT molecular complexity index is 378. The lowest BCUT2D eigenvalue weighted by Crippen LogP contribution is -2.33. The molecule has 1 unspecified atom stereocenters. The summed E-state index contributed by atoms with van der Waals surface area (Å²) < 4.78 is 0. The van der Waals surface area contributed by atoms with E-state index >= 15 is 0 Å². The van der Waals surface area contributed by atoms with E-state index in [1.54, 1.807) is 0 Å². The molecular formula is C14H20O2. The van der Waals surface area contributed by atoms with Crippen LogP contribution < -0.4 is 0 Å². The van der Waals surface area contributed by atoms with Gasteiger partial charge in [-0.25, -0.2) is 0 Å². The highest BCUT2D eigenvalue weighted by Gasteiger charge is 2.39. The molecule has 0 radical (unpaired) electrons. The maximum Gasteiger partial charge on any atom is 0.108 e. The van der Waals surface area contributed by atoms with Crippen molar-refractivity contribution < 1.29 is 10.2 Å². The third-order valence-corrected chi connectivity index (χ3v) is 3.70. The van der Waals surface area contributed by atoms with Gasteiger partial charge in [-0.2, -0.15) is 0 Å². The van der Waals surface area contributed by atoms with E-state index in [4.69, 9.17) is 0 Å². The quantitative estimate of drug-likeness (QED) is 0.804. The van der Waals surface area contributed by atoms with E-state index in [1.165, 1.54) is 5.56 Å². The summed E-state index contributed by atoms with van der Waals surface area (Å²) in [6, 6.07) is 5.98. The SMILES string of the molecule is Cc1ccc(C(O)C2(O)CCCC2)c(C)c1. The van der Waals surface area contributed by atoms with Crippen molar-refractivity contribution in [1.29, 1.82) is 0 Å². The van der Waals surface area contributed by atoms with Gasteiger partial charge in [-0.05, 0) is 37.8 Å². The van der Waals surface area contributed by atoms with Crippen LogP contribution in [0, 0.1) is 13.8 Å². The zero-order chi connectivity index (χ0) is 11.8. The van der Waals surface area contributed by atoms with Crippen LogP contribution in [0.1, 0.15) is 48.5 Å². The standard InChI is InChI=1S/C14H20O2/c1-10-5-6-12(11(2)9-10)13(15)14(16)7-3-4-8-14/h5-6,9,13,15-16H,3-4,7-8H2,1-2H3. The summed E-state index contributed by atoms with van der Waals surface area (Å²) in [5.74, 6) is 0. The average Bonchev–Trinajstić information content (AvgIpc) is 2.66. The molecule has 1 saturated carbocycles. The maximum absolute atomic E-state index is 10.4. The van der Waals surface area contributed by atoms with Crippen LogP contribution in [-0.4, -0.2) is 15.8 Å². The predicted molar refractivity (Wildman–Crippen MR) is 64.3 cm³/mol. The Morgan fingerprint density at radius 3 is 2.38 bits per heavy atom. The first kappa shape index (κ1) is 11.6. The number of hydrogen-bond donors (Lipinski definition) is 2.